The van der Waals surface area contributed by atoms with E-state index in [0.717, 1.165) is 0 Å². The van der Waals surface area contributed by atoms with Crippen molar-refractivity contribution in [2.24, 2.45) is 0 Å². The van der Waals surface area contributed by atoms with E-state index in [1.54, 1.807) is 0 Å². The average Bonchev–Trinajstić information content (AvgIpc) is 3.18. The molecular formula is C21H20INS. The van der Waals surface area contributed by atoms with Crippen LogP contribution < -0.4 is 33.2 Å². The van der Waals surface area contributed by atoms with Crippen molar-refractivity contribution < 1.29 is 24.0 Å². The van der Waals surface area contributed by atoms with Crippen molar-refractivity contribution in [2.75, 3.05) is 13.1 Å². The Balaban J connectivity index is 0.00000169. The van der Waals surface area contributed by atoms with Crippen molar-refractivity contribution in [3.8, 4) is 21.6 Å². The first kappa shape index (κ1) is 17.4. The highest BCUT2D eigenvalue weighted by Crippen LogP contribution is 2.27. The molecule has 4 rings (SSSR count). The van der Waals surface area contributed by atoms with Gasteiger partial charge in [0.1, 0.15) is 13.1 Å². The molecule has 24 heavy (non-hydrogen) atoms. The summed E-state index contributed by atoms with van der Waals surface area (Å²) in [6.07, 6.45) is 2.62. The van der Waals surface area contributed by atoms with Crippen molar-refractivity contribution in [1.82, 2.24) is 4.58 Å². The number of rotatable bonds is 2. The maximum atomic E-state index is 2.53. The zero-order chi connectivity index (χ0) is 15.5. The smallest absolute Gasteiger partial charge is 0.257 e. The Hall–Kier alpha value is -1.46. The molecule has 0 aliphatic carbocycles. The summed E-state index contributed by atoms with van der Waals surface area (Å²) in [6, 6.07) is 26.1. The van der Waals surface area contributed by atoms with Crippen LogP contribution in [-0.4, -0.2) is 13.1 Å². The number of nitrogens with zero attached hydrogens (tertiary/aromatic N) is 1. The molecule has 0 atom stereocenters. The Morgan fingerprint density at radius 1 is 0.667 bits per heavy atom. The number of hydrogen-bond donors (Lipinski definition) is 0. The lowest BCUT2D eigenvalue weighted by atomic mass is 10.1. The third-order valence-electron chi connectivity index (χ3n) is 4.36. The summed E-state index contributed by atoms with van der Waals surface area (Å²) in [5.74, 6) is 0. The van der Waals surface area contributed by atoms with Gasteiger partial charge in [0.2, 0.25) is 0 Å². The third-order valence-corrected chi connectivity index (χ3v) is 5.52. The summed E-state index contributed by atoms with van der Waals surface area (Å²) >= 11 is 1.91. The summed E-state index contributed by atoms with van der Waals surface area (Å²) in [5.41, 5.74) is 3.90. The predicted molar refractivity (Wildman–Crippen MR) is 99.4 cm³/mol. The molecule has 0 saturated carbocycles. The van der Waals surface area contributed by atoms with Gasteiger partial charge in [0.15, 0.2) is 0 Å². The quantitative estimate of drug-likeness (QED) is 0.417. The summed E-state index contributed by atoms with van der Waals surface area (Å²) in [4.78, 5) is 1.34. The first-order valence-electron chi connectivity index (χ1n) is 8.24. The highest BCUT2D eigenvalue weighted by Gasteiger charge is 2.15. The lowest BCUT2D eigenvalue weighted by Crippen LogP contribution is -3.00. The van der Waals surface area contributed by atoms with Gasteiger partial charge in [-0.1, -0.05) is 72.0 Å². The van der Waals surface area contributed by atoms with E-state index in [0.29, 0.717) is 0 Å². The highest BCUT2D eigenvalue weighted by molar-refractivity contribution is 7.12. The Bertz CT molecular complexity index is 800. The third kappa shape index (κ3) is 3.78. The second-order valence-electron chi connectivity index (χ2n) is 5.97. The molecule has 3 heteroatoms. The second-order valence-corrected chi connectivity index (χ2v) is 7.04. The molecule has 3 aromatic rings. The van der Waals surface area contributed by atoms with E-state index in [9.17, 15) is 0 Å². The fraction of sp³-hybridized carbons (Fsp3) is 0.190. The minimum absolute atomic E-state index is 0. The van der Waals surface area contributed by atoms with Gasteiger partial charge in [-0.3, -0.25) is 0 Å². The maximum Gasteiger partial charge on any atom is 0.257 e. The lowest BCUT2D eigenvalue weighted by molar-refractivity contribution is -0.00000441. The molecule has 0 bridgehead atoms. The minimum Gasteiger partial charge on any atom is -1.00 e. The van der Waals surface area contributed by atoms with Crippen molar-refractivity contribution >= 4 is 11.3 Å². The van der Waals surface area contributed by atoms with E-state index in [4.69, 9.17) is 0 Å². The van der Waals surface area contributed by atoms with Gasteiger partial charge in [-0.15, -0.1) is 0 Å². The van der Waals surface area contributed by atoms with E-state index >= 15 is 0 Å². The van der Waals surface area contributed by atoms with Crippen LogP contribution in [0.5, 0.6) is 0 Å². The van der Waals surface area contributed by atoms with Crippen LogP contribution in [0.3, 0.4) is 0 Å². The molecule has 1 nitrogen and oxygen atoms in total. The van der Waals surface area contributed by atoms with Crippen LogP contribution in [0.2, 0.25) is 0 Å². The van der Waals surface area contributed by atoms with E-state index in [-0.39, 0.29) is 24.0 Å². The molecule has 0 radical (unpaired) electrons. The summed E-state index contributed by atoms with van der Waals surface area (Å²) < 4.78 is 3.92. The molecular weight excluding hydrogens is 425 g/mol. The normalized spacial score (nSPS) is 13.6. The first-order valence-corrected chi connectivity index (χ1v) is 9.06. The van der Waals surface area contributed by atoms with Crippen molar-refractivity contribution in [2.45, 2.75) is 12.8 Å². The van der Waals surface area contributed by atoms with Crippen molar-refractivity contribution in [1.29, 1.82) is 0 Å². The topological polar surface area (TPSA) is 3.01 Å². The van der Waals surface area contributed by atoms with Gasteiger partial charge in [0.05, 0.1) is 0 Å². The van der Waals surface area contributed by atoms with Crippen LogP contribution in [0.1, 0.15) is 12.8 Å². The molecule has 0 unspecified atom stereocenters. The molecule has 0 amide bonds. The van der Waals surface area contributed by atoms with Crippen LogP contribution in [-0.2, 0) is 0 Å². The van der Waals surface area contributed by atoms with Gasteiger partial charge in [0, 0.05) is 23.8 Å². The fourth-order valence-corrected chi connectivity index (χ4v) is 4.29. The maximum absolute atomic E-state index is 2.53. The molecule has 2 heterocycles. The minimum atomic E-state index is 0. The van der Waals surface area contributed by atoms with Crippen molar-refractivity contribution in [3.05, 3.63) is 77.5 Å². The molecule has 1 aliphatic rings. The molecule has 0 N–H and O–H groups in total. The molecule has 1 saturated heterocycles. The monoisotopic (exact) mass is 445 g/mol. The number of hydrogen-bond acceptors (Lipinski definition) is 1. The van der Waals surface area contributed by atoms with Crippen LogP contribution >= 0.6 is 11.3 Å². The van der Waals surface area contributed by atoms with Gasteiger partial charge in [-0.25, -0.2) is 4.58 Å². The SMILES string of the molecule is [I-].c1ccc(-c2cc(-c3ccccc3)sc(=[N+]3CCCC3)c2)cc1. The lowest BCUT2D eigenvalue weighted by Gasteiger charge is -2.05. The largest absolute Gasteiger partial charge is 1.00 e. The van der Waals surface area contributed by atoms with Gasteiger partial charge in [0.25, 0.3) is 4.67 Å². The molecule has 1 fully saturated rings. The van der Waals surface area contributed by atoms with E-state index in [2.05, 4.69) is 77.4 Å². The van der Waals surface area contributed by atoms with Gasteiger partial charge in [-0.05, 0) is 22.8 Å². The molecule has 0 spiro atoms. The van der Waals surface area contributed by atoms with Gasteiger partial charge >= 0.3 is 0 Å². The number of halogens is 1. The van der Waals surface area contributed by atoms with E-state index in [1.165, 1.54) is 52.2 Å². The Morgan fingerprint density at radius 2 is 1.25 bits per heavy atom. The molecule has 1 aliphatic heterocycles. The summed E-state index contributed by atoms with van der Waals surface area (Å²) in [5, 5.41) is 0. The molecule has 1 aromatic heterocycles. The number of benzene rings is 2. The van der Waals surface area contributed by atoms with Gasteiger partial charge < -0.3 is 24.0 Å². The second kappa shape index (κ2) is 8.08. The Morgan fingerprint density at radius 3 is 1.88 bits per heavy atom. The fourth-order valence-electron chi connectivity index (χ4n) is 3.12. The van der Waals surface area contributed by atoms with Crippen molar-refractivity contribution in [3.63, 3.8) is 0 Å². The van der Waals surface area contributed by atoms with Gasteiger partial charge in [-0.2, -0.15) is 0 Å². The van der Waals surface area contributed by atoms with Crippen LogP contribution in [0.15, 0.2) is 72.8 Å². The standard InChI is InChI=1S/C21H20NS.HI/c1-3-9-17(10-4-1)19-15-20(18-11-5-2-6-12-18)23-21(16-19)22-13-7-8-14-22;/h1-6,9-12,15-16H,7-8,13-14H2;1H/q+1;/p-1. The average molecular weight is 445 g/mol. The predicted octanol–water partition coefficient (Wildman–Crippen LogP) is 1.65. The Labute approximate surface area is 164 Å². The summed E-state index contributed by atoms with van der Waals surface area (Å²) in [7, 11) is 0. The first-order chi connectivity index (χ1) is 11.4. The zero-order valence-corrected chi connectivity index (χ0v) is 16.5. The molecule has 2 aromatic carbocycles. The Kier molecular flexibility index (Phi) is 5.85. The van der Waals surface area contributed by atoms with Crippen LogP contribution in [0.25, 0.3) is 21.6 Å². The van der Waals surface area contributed by atoms with E-state index in [1.807, 2.05) is 11.3 Å². The van der Waals surface area contributed by atoms with Crippen LogP contribution in [0.4, 0.5) is 0 Å². The van der Waals surface area contributed by atoms with E-state index < -0.39 is 0 Å². The zero-order valence-electron chi connectivity index (χ0n) is 13.5. The van der Waals surface area contributed by atoms with Crippen LogP contribution in [0, 0.1) is 0 Å². The molecule has 122 valence electrons. The highest BCUT2D eigenvalue weighted by atomic mass is 127. The summed E-state index contributed by atoms with van der Waals surface area (Å²) in [6.45, 7) is 2.37.